The third kappa shape index (κ3) is 4.20. The van der Waals surface area contributed by atoms with Crippen molar-refractivity contribution >= 4 is 22.4 Å². The lowest BCUT2D eigenvalue weighted by atomic mass is 10.1. The van der Waals surface area contributed by atoms with E-state index in [4.69, 9.17) is 0 Å². The van der Waals surface area contributed by atoms with Crippen molar-refractivity contribution in [2.45, 2.75) is 6.04 Å². The van der Waals surface area contributed by atoms with Crippen molar-refractivity contribution in [3.05, 3.63) is 72.6 Å². The normalized spacial score (nSPS) is 15.6. The molecular weight excluding hydrogens is 362 g/mol. The molecule has 4 rings (SSSR count). The van der Waals surface area contributed by atoms with Crippen LogP contribution in [-0.4, -0.2) is 53.4 Å². The third-order valence-electron chi connectivity index (χ3n) is 5.37. The number of fused-ring (bicyclic) bond motifs is 1. The zero-order valence-electron chi connectivity index (χ0n) is 16.2. The van der Waals surface area contributed by atoms with Crippen molar-refractivity contribution in [2.24, 2.45) is 0 Å². The van der Waals surface area contributed by atoms with Gasteiger partial charge in [-0.25, -0.2) is 0 Å². The molecule has 0 radical (unpaired) electrons. The number of carbonyl (C=O) groups is 1. The first kappa shape index (κ1) is 18.9. The minimum Gasteiger partial charge on any atom is -0.376 e. The molecule has 0 aliphatic carbocycles. The minimum absolute atomic E-state index is 0.0764. The fourth-order valence-electron chi connectivity index (χ4n) is 3.80. The first-order valence-corrected chi connectivity index (χ1v) is 9.79. The number of carbonyl (C=O) groups excluding carboxylic acids is 1. The quantitative estimate of drug-likeness (QED) is 0.731. The van der Waals surface area contributed by atoms with Crippen molar-refractivity contribution in [3.8, 4) is 6.07 Å². The summed E-state index contributed by atoms with van der Waals surface area (Å²) in [6.45, 7) is 2.85. The van der Waals surface area contributed by atoms with Crippen LogP contribution in [0.5, 0.6) is 0 Å². The maximum Gasteiger partial charge on any atom is 0.241 e. The van der Waals surface area contributed by atoms with Crippen LogP contribution in [0.2, 0.25) is 0 Å². The van der Waals surface area contributed by atoms with Gasteiger partial charge < -0.3 is 10.2 Å². The molecule has 1 atom stereocenters. The molecule has 1 amide bonds. The summed E-state index contributed by atoms with van der Waals surface area (Å²) in [4.78, 5) is 20.8. The second-order valence-electron chi connectivity index (χ2n) is 7.12. The third-order valence-corrected chi connectivity index (χ3v) is 5.37. The van der Waals surface area contributed by atoms with Crippen LogP contribution in [0.15, 0.2) is 67.0 Å². The predicted molar refractivity (Wildman–Crippen MR) is 113 cm³/mol. The fraction of sp³-hybridized carbons (Fsp3) is 0.261. The summed E-state index contributed by atoms with van der Waals surface area (Å²) < 4.78 is 0. The Hall–Kier alpha value is -3.43. The zero-order valence-corrected chi connectivity index (χ0v) is 16.2. The Bertz CT molecular complexity index is 1020. The van der Waals surface area contributed by atoms with Gasteiger partial charge in [-0.1, -0.05) is 42.5 Å². The largest absolute Gasteiger partial charge is 0.376 e. The molecule has 1 N–H and O–H groups in total. The number of pyridine rings is 1. The molecule has 1 fully saturated rings. The van der Waals surface area contributed by atoms with Gasteiger partial charge in [0.1, 0.15) is 6.04 Å². The summed E-state index contributed by atoms with van der Waals surface area (Å²) in [5.41, 5.74) is 1.86. The number of anilines is 1. The molecule has 6 nitrogen and oxygen atoms in total. The maximum atomic E-state index is 12.7. The van der Waals surface area contributed by atoms with Gasteiger partial charge in [0, 0.05) is 55.2 Å². The Kier molecular flexibility index (Phi) is 5.68. The molecule has 29 heavy (non-hydrogen) atoms. The molecule has 0 bridgehead atoms. The van der Waals surface area contributed by atoms with E-state index < -0.39 is 0 Å². The van der Waals surface area contributed by atoms with E-state index in [0.29, 0.717) is 26.2 Å². The van der Waals surface area contributed by atoms with Gasteiger partial charge >= 0.3 is 0 Å². The predicted octanol–water partition coefficient (Wildman–Crippen LogP) is 3.06. The van der Waals surface area contributed by atoms with Gasteiger partial charge in [0.15, 0.2) is 0 Å². The smallest absolute Gasteiger partial charge is 0.241 e. The highest BCUT2D eigenvalue weighted by molar-refractivity contribution is 5.95. The van der Waals surface area contributed by atoms with Crippen LogP contribution in [-0.2, 0) is 4.79 Å². The van der Waals surface area contributed by atoms with E-state index in [2.05, 4.69) is 39.5 Å². The number of benzene rings is 2. The molecule has 2 aromatic carbocycles. The van der Waals surface area contributed by atoms with E-state index in [9.17, 15) is 10.1 Å². The summed E-state index contributed by atoms with van der Waals surface area (Å²) in [5.74, 6) is 0.0764. The summed E-state index contributed by atoms with van der Waals surface area (Å²) in [7, 11) is 0. The first-order chi connectivity index (χ1) is 14.3. The number of aromatic nitrogens is 1. The molecular formula is C23H23N5O. The van der Waals surface area contributed by atoms with Gasteiger partial charge in [-0.15, -0.1) is 0 Å². The maximum absolute atomic E-state index is 12.7. The molecule has 1 aliphatic heterocycles. The van der Waals surface area contributed by atoms with Crippen molar-refractivity contribution in [1.82, 2.24) is 14.8 Å². The van der Waals surface area contributed by atoms with Gasteiger partial charge in [0.25, 0.3) is 0 Å². The van der Waals surface area contributed by atoms with Gasteiger partial charge in [-0.2, -0.15) is 5.26 Å². The van der Waals surface area contributed by atoms with Crippen molar-refractivity contribution < 1.29 is 4.79 Å². The molecule has 1 unspecified atom stereocenters. The van der Waals surface area contributed by atoms with Gasteiger partial charge in [0.2, 0.25) is 5.91 Å². The fourth-order valence-corrected chi connectivity index (χ4v) is 3.80. The van der Waals surface area contributed by atoms with Crippen molar-refractivity contribution in [3.63, 3.8) is 0 Å². The lowest BCUT2D eigenvalue weighted by Crippen LogP contribution is -2.50. The minimum atomic E-state index is -0.324. The highest BCUT2D eigenvalue weighted by atomic mass is 16.2. The molecule has 1 saturated heterocycles. The number of nitrogens with one attached hydrogen (secondary N) is 1. The van der Waals surface area contributed by atoms with Crippen LogP contribution >= 0.6 is 0 Å². The standard InChI is InChI=1S/C23H23N5O/c24-15-22(19-7-4-10-25-16-19)27-11-13-28(14-12-27)23(29)17-26-21-9-3-6-18-5-1-2-8-20(18)21/h1-10,16,22,26H,11-14,17H2. The van der Waals surface area contributed by atoms with Gasteiger partial charge in [-0.05, 0) is 17.5 Å². The average Bonchev–Trinajstić information content (AvgIpc) is 2.79. The SMILES string of the molecule is N#CC(c1cccnc1)N1CCN(C(=O)CNc2cccc3ccccc23)CC1. The molecule has 0 saturated carbocycles. The number of rotatable bonds is 5. The summed E-state index contributed by atoms with van der Waals surface area (Å²) >= 11 is 0. The lowest BCUT2D eigenvalue weighted by Gasteiger charge is -2.37. The number of nitrogens with zero attached hydrogens (tertiary/aromatic N) is 4. The molecule has 1 aromatic heterocycles. The van der Waals surface area contributed by atoms with Crippen LogP contribution in [0, 0.1) is 11.3 Å². The Morgan fingerprint density at radius 3 is 2.62 bits per heavy atom. The molecule has 0 spiro atoms. The average molecular weight is 385 g/mol. The van der Waals surface area contributed by atoms with Crippen molar-refractivity contribution in [2.75, 3.05) is 38.0 Å². The number of piperazine rings is 1. The first-order valence-electron chi connectivity index (χ1n) is 9.79. The van der Waals surface area contributed by atoms with E-state index in [1.165, 1.54) is 0 Å². The van der Waals surface area contributed by atoms with E-state index in [1.807, 2.05) is 41.3 Å². The molecule has 1 aliphatic rings. The molecule has 146 valence electrons. The summed E-state index contributed by atoms with van der Waals surface area (Å²) in [6.07, 6.45) is 3.44. The van der Waals surface area contributed by atoms with Crippen LogP contribution in [0.1, 0.15) is 11.6 Å². The number of hydrogen-bond acceptors (Lipinski definition) is 5. The van der Waals surface area contributed by atoms with Crippen LogP contribution < -0.4 is 5.32 Å². The van der Waals surface area contributed by atoms with Crippen LogP contribution in [0.3, 0.4) is 0 Å². The monoisotopic (exact) mass is 385 g/mol. The second kappa shape index (κ2) is 8.72. The van der Waals surface area contributed by atoms with E-state index in [-0.39, 0.29) is 18.5 Å². The second-order valence-corrected chi connectivity index (χ2v) is 7.12. The Balaban J connectivity index is 1.34. The highest BCUT2D eigenvalue weighted by Gasteiger charge is 2.27. The van der Waals surface area contributed by atoms with E-state index in [1.54, 1.807) is 12.4 Å². The van der Waals surface area contributed by atoms with Crippen LogP contribution in [0.25, 0.3) is 10.8 Å². The van der Waals surface area contributed by atoms with Crippen molar-refractivity contribution in [1.29, 1.82) is 5.26 Å². The Morgan fingerprint density at radius 1 is 1.07 bits per heavy atom. The Labute approximate surface area is 170 Å². The van der Waals surface area contributed by atoms with Crippen LogP contribution in [0.4, 0.5) is 5.69 Å². The van der Waals surface area contributed by atoms with Gasteiger partial charge in [-0.3, -0.25) is 14.7 Å². The van der Waals surface area contributed by atoms with E-state index >= 15 is 0 Å². The summed E-state index contributed by atoms with van der Waals surface area (Å²) in [6, 6.07) is 20.0. The lowest BCUT2D eigenvalue weighted by molar-refractivity contribution is -0.131. The molecule has 2 heterocycles. The summed E-state index contributed by atoms with van der Waals surface area (Å²) in [5, 5.41) is 15.1. The number of hydrogen-bond donors (Lipinski definition) is 1. The number of amides is 1. The molecule has 3 aromatic rings. The highest BCUT2D eigenvalue weighted by Crippen LogP contribution is 2.23. The topological polar surface area (TPSA) is 72.3 Å². The van der Waals surface area contributed by atoms with E-state index in [0.717, 1.165) is 22.0 Å². The Morgan fingerprint density at radius 2 is 1.86 bits per heavy atom. The zero-order chi connectivity index (χ0) is 20.1. The number of nitriles is 1. The molecule has 6 heteroatoms. The van der Waals surface area contributed by atoms with Gasteiger partial charge in [0.05, 0.1) is 12.6 Å².